The Kier molecular flexibility index (Phi) is 5.92. The van der Waals surface area contributed by atoms with Gasteiger partial charge in [0.2, 0.25) is 0 Å². The highest BCUT2D eigenvalue weighted by molar-refractivity contribution is 5.87. The van der Waals surface area contributed by atoms with E-state index in [1.807, 2.05) is 0 Å². The van der Waals surface area contributed by atoms with E-state index in [0.29, 0.717) is 11.8 Å². The summed E-state index contributed by atoms with van der Waals surface area (Å²) in [6.45, 7) is 5.73. The molecule has 0 fully saturated rings. The molecule has 9 heteroatoms. The molecular weight excluding hydrogens is 363 g/mol. The molecule has 6 nitrogen and oxygen atoms in total. The van der Waals surface area contributed by atoms with Crippen molar-refractivity contribution in [1.29, 1.82) is 0 Å². The lowest BCUT2D eigenvalue weighted by molar-refractivity contribution is -0.137. The molecule has 0 saturated heterocycles. The first-order chi connectivity index (χ1) is 12.5. The van der Waals surface area contributed by atoms with Gasteiger partial charge < -0.3 is 10.1 Å². The molecular formula is C18H20F3N3O3. The van der Waals surface area contributed by atoms with Gasteiger partial charge in [-0.3, -0.25) is 9.48 Å². The van der Waals surface area contributed by atoms with Crippen LogP contribution >= 0.6 is 0 Å². The minimum absolute atomic E-state index is 0.134. The number of ether oxygens (including phenoxy) is 1. The van der Waals surface area contributed by atoms with Crippen LogP contribution in [0.3, 0.4) is 0 Å². The Balaban J connectivity index is 2.09. The first kappa shape index (κ1) is 20.5. The van der Waals surface area contributed by atoms with E-state index in [1.165, 1.54) is 17.1 Å². The quantitative estimate of drug-likeness (QED) is 0.795. The lowest BCUT2D eigenvalue weighted by atomic mass is 10.00. The van der Waals surface area contributed by atoms with Crippen LogP contribution in [0.5, 0.6) is 0 Å². The van der Waals surface area contributed by atoms with Crippen molar-refractivity contribution in [1.82, 2.24) is 15.1 Å². The van der Waals surface area contributed by atoms with Crippen LogP contribution in [0.15, 0.2) is 30.6 Å². The van der Waals surface area contributed by atoms with Crippen molar-refractivity contribution in [2.75, 3.05) is 6.54 Å². The lowest BCUT2D eigenvalue weighted by Crippen LogP contribution is -2.34. The number of alkyl halides is 3. The van der Waals surface area contributed by atoms with Gasteiger partial charge >= 0.3 is 12.3 Å². The topological polar surface area (TPSA) is 73.2 Å². The largest absolute Gasteiger partial charge is 0.444 e. The standard InChI is InChI=1S/C18H20F3N3O3/c1-17(2,3)27-16(26)22-6-7-24-10-13(9-23-24)15-8-14(18(19,20)21)5-4-12(15)11-25/h4-5,8-11H,6-7H2,1-3H3,(H,22,26). The van der Waals surface area contributed by atoms with Crippen molar-refractivity contribution in [3.05, 3.63) is 41.7 Å². The second-order valence-electron chi connectivity index (χ2n) is 6.84. The predicted molar refractivity (Wildman–Crippen MR) is 92.3 cm³/mol. The normalized spacial score (nSPS) is 11.9. The van der Waals surface area contributed by atoms with Gasteiger partial charge in [-0.2, -0.15) is 18.3 Å². The van der Waals surface area contributed by atoms with Crippen molar-refractivity contribution in [2.24, 2.45) is 0 Å². The number of hydrogen-bond donors (Lipinski definition) is 1. The van der Waals surface area contributed by atoms with Gasteiger partial charge in [0.1, 0.15) is 5.60 Å². The summed E-state index contributed by atoms with van der Waals surface area (Å²) in [5.41, 5.74) is -0.805. The van der Waals surface area contributed by atoms with Crippen LogP contribution in [-0.4, -0.2) is 34.3 Å². The Morgan fingerprint density at radius 3 is 2.59 bits per heavy atom. The van der Waals surface area contributed by atoms with Gasteiger partial charge in [0.25, 0.3) is 0 Å². The molecule has 146 valence electrons. The minimum atomic E-state index is -4.51. The Labute approximate surface area is 154 Å². The number of nitrogens with one attached hydrogen (secondary N) is 1. The Morgan fingerprint density at radius 2 is 2.00 bits per heavy atom. The molecule has 27 heavy (non-hydrogen) atoms. The molecule has 0 aliphatic rings. The van der Waals surface area contributed by atoms with E-state index in [2.05, 4.69) is 10.4 Å². The van der Waals surface area contributed by atoms with Gasteiger partial charge in [0.15, 0.2) is 6.29 Å². The van der Waals surface area contributed by atoms with E-state index in [1.54, 1.807) is 20.8 Å². The fourth-order valence-electron chi connectivity index (χ4n) is 2.30. The maximum atomic E-state index is 12.9. The van der Waals surface area contributed by atoms with Crippen LogP contribution in [-0.2, 0) is 17.5 Å². The number of rotatable bonds is 5. The Morgan fingerprint density at radius 1 is 1.30 bits per heavy atom. The highest BCUT2D eigenvalue weighted by atomic mass is 19.4. The number of halogens is 3. The molecule has 1 aromatic heterocycles. The van der Waals surface area contributed by atoms with Gasteiger partial charge in [-0.15, -0.1) is 0 Å². The van der Waals surface area contributed by atoms with E-state index < -0.39 is 23.4 Å². The molecule has 0 bridgehead atoms. The van der Waals surface area contributed by atoms with Crippen LogP contribution in [0.25, 0.3) is 11.1 Å². The van der Waals surface area contributed by atoms with Crippen LogP contribution in [0, 0.1) is 0 Å². The summed E-state index contributed by atoms with van der Waals surface area (Å²) in [5.74, 6) is 0. The monoisotopic (exact) mass is 383 g/mol. The van der Waals surface area contributed by atoms with E-state index >= 15 is 0 Å². The van der Waals surface area contributed by atoms with Crippen LogP contribution < -0.4 is 5.32 Å². The summed E-state index contributed by atoms with van der Waals surface area (Å²) in [6.07, 6.45) is -1.70. The highest BCUT2D eigenvalue weighted by Crippen LogP contribution is 2.33. The van der Waals surface area contributed by atoms with E-state index in [0.717, 1.165) is 18.2 Å². The van der Waals surface area contributed by atoms with Crippen molar-refractivity contribution < 1.29 is 27.5 Å². The average molecular weight is 383 g/mol. The van der Waals surface area contributed by atoms with Gasteiger partial charge in [-0.05, 0) is 38.5 Å². The first-order valence-electron chi connectivity index (χ1n) is 8.16. The Hall–Kier alpha value is -2.84. The summed E-state index contributed by atoms with van der Waals surface area (Å²) in [7, 11) is 0. The second kappa shape index (κ2) is 7.81. The zero-order valence-corrected chi connectivity index (χ0v) is 15.1. The first-order valence-corrected chi connectivity index (χ1v) is 8.16. The average Bonchev–Trinajstić information content (AvgIpc) is 3.00. The molecule has 1 N–H and O–H groups in total. The molecule has 0 saturated carbocycles. The molecule has 0 aliphatic carbocycles. The molecule has 0 radical (unpaired) electrons. The maximum absolute atomic E-state index is 12.9. The number of amides is 1. The van der Waals surface area contributed by atoms with Crippen molar-refractivity contribution >= 4 is 12.4 Å². The summed E-state index contributed by atoms with van der Waals surface area (Å²) >= 11 is 0. The van der Waals surface area contributed by atoms with Crippen LogP contribution in [0.4, 0.5) is 18.0 Å². The second-order valence-corrected chi connectivity index (χ2v) is 6.84. The molecule has 0 aliphatic heterocycles. The minimum Gasteiger partial charge on any atom is -0.444 e. The van der Waals surface area contributed by atoms with Crippen molar-refractivity contribution in [3.8, 4) is 11.1 Å². The molecule has 1 aromatic carbocycles. The van der Waals surface area contributed by atoms with Gasteiger partial charge in [0.05, 0.1) is 18.3 Å². The fraction of sp³-hybridized carbons (Fsp3) is 0.389. The predicted octanol–water partition coefficient (Wildman–Crippen LogP) is 3.91. The van der Waals surface area contributed by atoms with Gasteiger partial charge in [0, 0.05) is 23.9 Å². The smallest absolute Gasteiger partial charge is 0.416 e. The van der Waals surface area contributed by atoms with Crippen molar-refractivity contribution in [3.63, 3.8) is 0 Å². The number of hydrogen-bond acceptors (Lipinski definition) is 4. The molecule has 1 amide bonds. The Bertz CT molecular complexity index is 823. The number of alkyl carbamates (subject to hydrolysis) is 1. The third kappa shape index (κ3) is 5.83. The van der Waals surface area contributed by atoms with Crippen LogP contribution in [0.1, 0.15) is 36.7 Å². The lowest BCUT2D eigenvalue weighted by Gasteiger charge is -2.19. The number of benzene rings is 1. The SMILES string of the molecule is CC(C)(C)OC(=O)NCCn1cc(-c2cc(C(F)(F)F)ccc2C=O)cn1. The van der Waals surface area contributed by atoms with Gasteiger partial charge in [-0.1, -0.05) is 6.07 Å². The summed E-state index contributed by atoms with van der Waals surface area (Å²) < 4.78 is 45.3. The molecule has 2 rings (SSSR count). The molecule has 0 spiro atoms. The van der Waals surface area contributed by atoms with E-state index in [4.69, 9.17) is 4.74 Å². The third-order valence-electron chi connectivity index (χ3n) is 3.46. The van der Waals surface area contributed by atoms with E-state index in [-0.39, 0.29) is 24.2 Å². The number of nitrogens with zero attached hydrogens (tertiary/aromatic N) is 2. The number of aldehydes is 1. The molecule has 0 unspecified atom stereocenters. The number of aromatic nitrogens is 2. The third-order valence-corrected chi connectivity index (χ3v) is 3.46. The molecule has 0 atom stereocenters. The zero-order valence-electron chi connectivity index (χ0n) is 15.1. The fourth-order valence-corrected chi connectivity index (χ4v) is 2.30. The van der Waals surface area contributed by atoms with Crippen LogP contribution in [0.2, 0.25) is 0 Å². The van der Waals surface area contributed by atoms with Gasteiger partial charge in [-0.25, -0.2) is 4.79 Å². The maximum Gasteiger partial charge on any atom is 0.416 e. The molecule has 1 heterocycles. The summed E-state index contributed by atoms with van der Waals surface area (Å²) in [6, 6.07) is 2.92. The molecule has 2 aromatic rings. The summed E-state index contributed by atoms with van der Waals surface area (Å²) in [5, 5.41) is 6.62. The van der Waals surface area contributed by atoms with E-state index in [9.17, 15) is 22.8 Å². The number of carbonyl (C=O) groups excluding carboxylic acids is 2. The van der Waals surface area contributed by atoms with Crippen molar-refractivity contribution in [2.45, 2.75) is 39.1 Å². The zero-order chi connectivity index (χ0) is 20.2. The number of carbonyl (C=O) groups is 2. The summed E-state index contributed by atoms with van der Waals surface area (Å²) in [4.78, 5) is 22.7. The highest BCUT2D eigenvalue weighted by Gasteiger charge is 2.31.